The van der Waals surface area contributed by atoms with Crippen LogP contribution in [0.15, 0.2) is 28.4 Å². The monoisotopic (exact) mass is 302 g/mol. The number of aromatic nitrogens is 1. The molecular weight excluding hydrogens is 288 g/mol. The largest absolute Gasteiger partial charge is 0.384 e. The van der Waals surface area contributed by atoms with E-state index in [0.717, 1.165) is 16.9 Å². The number of benzene rings is 1. The van der Waals surface area contributed by atoms with Crippen molar-refractivity contribution in [2.45, 2.75) is 13.5 Å². The average molecular weight is 302 g/mol. The smallest absolute Gasteiger partial charge is 0.304 e. The van der Waals surface area contributed by atoms with Gasteiger partial charge in [-0.2, -0.15) is 0 Å². The number of aryl methyl sites for hydroxylation is 1. The lowest BCUT2D eigenvalue weighted by Crippen LogP contribution is -2.24. The second-order valence-corrected chi connectivity index (χ2v) is 5.21. The summed E-state index contributed by atoms with van der Waals surface area (Å²) in [5, 5.41) is 13.2. The number of carbonyl (C=O) groups excluding carboxylic acids is 1. The first kappa shape index (κ1) is 15.0. The van der Waals surface area contributed by atoms with Crippen LogP contribution in [0.5, 0.6) is 0 Å². The highest BCUT2D eigenvalue weighted by Gasteiger charge is 2.10. The molecule has 0 saturated carbocycles. The summed E-state index contributed by atoms with van der Waals surface area (Å²) in [6.07, 6.45) is 0. The molecule has 3 N–H and O–H groups in total. The fraction of sp³-hybridized carbons (Fsp3) is 0.200. The summed E-state index contributed by atoms with van der Waals surface area (Å²) in [6, 6.07) is 5.35. The molecule has 1 amide bonds. The topological polar surface area (TPSA) is 82.2 Å². The van der Waals surface area contributed by atoms with Gasteiger partial charge < -0.3 is 15.4 Å². The van der Waals surface area contributed by atoms with Gasteiger partial charge in [-0.05, 0) is 19.1 Å². The molecule has 0 aliphatic carbocycles. The summed E-state index contributed by atoms with van der Waals surface area (Å²) >= 11 is 1.06. The Kier molecular flexibility index (Phi) is 4.93. The van der Waals surface area contributed by atoms with E-state index in [1.165, 1.54) is 0 Å². The van der Waals surface area contributed by atoms with Gasteiger partial charge in [0.25, 0.3) is 5.91 Å². The van der Waals surface area contributed by atoms with Crippen molar-refractivity contribution in [1.82, 2.24) is 10.3 Å². The first-order valence-corrected chi connectivity index (χ1v) is 7.13. The lowest BCUT2D eigenvalue weighted by Gasteiger charge is -2.07. The fourth-order valence-corrected chi connectivity index (χ4v) is 2.34. The maximum Gasteiger partial charge on any atom is 0.304 e. The third-order valence-electron chi connectivity index (χ3n) is 2.73. The van der Waals surface area contributed by atoms with Crippen molar-refractivity contribution >= 4 is 17.2 Å². The van der Waals surface area contributed by atoms with Crippen molar-refractivity contribution in [3.8, 4) is 11.8 Å². The average Bonchev–Trinajstić information content (AvgIpc) is 2.89. The van der Waals surface area contributed by atoms with E-state index in [1.807, 2.05) is 13.0 Å². The molecule has 5 nitrogen and oxygen atoms in total. The highest BCUT2D eigenvalue weighted by molar-refractivity contribution is 7.07. The molecule has 0 aliphatic heterocycles. The van der Waals surface area contributed by atoms with E-state index < -0.39 is 0 Å². The van der Waals surface area contributed by atoms with Crippen LogP contribution in [0.4, 0.5) is 0 Å². The van der Waals surface area contributed by atoms with E-state index in [4.69, 9.17) is 5.11 Å². The Labute approximate surface area is 125 Å². The molecule has 108 valence electrons. The highest BCUT2D eigenvalue weighted by Crippen LogP contribution is 2.11. The number of H-pyrrole nitrogens is 1. The Hall–Kier alpha value is -2.36. The van der Waals surface area contributed by atoms with E-state index in [0.29, 0.717) is 16.8 Å². The van der Waals surface area contributed by atoms with Gasteiger partial charge >= 0.3 is 4.87 Å². The van der Waals surface area contributed by atoms with Gasteiger partial charge in [0.1, 0.15) is 6.61 Å². The van der Waals surface area contributed by atoms with E-state index in [2.05, 4.69) is 22.1 Å². The maximum absolute atomic E-state index is 12.2. The van der Waals surface area contributed by atoms with Gasteiger partial charge in [0.05, 0.1) is 12.1 Å². The van der Waals surface area contributed by atoms with E-state index >= 15 is 0 Å². The number of aromatic amines is 1. The third kappa shape index (κ3) is 4.05. The number of hydrogen-bond donors (Lipinski definition) is 3. The number of aliphatic hydroxyl groups excluding tert-OH is 1. The Morgan fingerprint density at radius 3 is 2.95 bits per heavy atom. The van der Waals surface area contributed by atoms with Crippen LogP contribution in [-0.4, -0.2) is 22.6 Å². The molecule has 2 aromatic rings. The molecule has 2 rings (SSSR count). The Morgan fingerprint density at radius 2 is 2.29 bits per heavy atom. The summed E-state index contributed by atoms with van der Waals surface area (Å²) in [6.45, 7) is 1.87. The molecule has 0 aliphatic rings. The van der Waals surface area contributed by atoms with Gasteiger partial charge in [0, 0.05) is 16.6 Å². The molecule has 0 saturated heterocycles. The SMILES string of the molecule is Cc1ccc(C#CCO)c(C(=O)NCc2csc(=O)[nH]2)c1. The van der Waals surface area contributed by atoms with Gasteiger partial charge in [0.15, 0.2) is 0 Å². The highest BCUT2D eigenvalue weighted by atomic mass is 32.1. The number of hydrogen-bond acceptors (Lipinski definition) is 4. The van der Waals surface area contributed by atoms with E-state index in [-0.39, 0.29) is 23.9 Å². The van der Waals surface area contributed by atoms with E-state index in [1.54, 1.807) is 17.5 Å². The standard InChI is InChI=1S/C15H14N2O3S/c1-10-4-5-11(3-2-6-18)13(7-10)14(19)16-8-12-9-21-15(20)17-12/h4-5,7,9,18H,6,8H2,1H3,(H,16,19)(H,17,20). The van der Waals surface area contributed by atoms with Crippen LogP contribution in [0.2, 0.25) is 0 Å². The van der Waals surface area contributed by atoms with Crippen molar-refractivity contribution in [3.63, 3.8) is 0 Å². The maximum atomic E-state index is 12.2. The van der Waals surface area contributed by atoms with Crippen LogP contribution in [0.3, 0.4) is 0 Å². The minimum absolute atomic E-state index is 0.149. The summed E-state index contributed by atoms with van der Waals surface area (Å²) in [5.41, 5.74) is 2.62. The number of nitrogens with one attached hydrogen (secondary N) is 2. The van der Waals surface area contributed by atoms with Crippen molar-refractivity contribution < 1.29 is 9.90 Å². The summed E-state index contributed by atoms with van der Waals surface area (Å²) in [7, 11) is 0. The van der Waals surface area contributed by atoms with Gasteiger partial charge in [-0.15, -0.1) is 0 Å². The van der Waals surface area contributed by atoms with E-state index in [9.17, 15) is 9.59 Å². The van der Waals surface area contributed by atoms with Crippen LogP contribution in [-0.2, 0) is 6.54 Å². The Bertz CT molecular complexity index is 765. The fourth-order valence-electron chi connectivity index (χ4n) is 1.76. The number of aliphatic hydroxyl groups is 1. The number of thiazole rings is 1. The third-order valence-corrected chi connectivity index (χ3v) is 3.45. The first-order chi connectivity index (χ1) is 10.1. The molecule has 0 spiro atoms. The van der Waals surface area contributed by atoms with Gasteiger partial charge in [-0.25, -0.2) is 0 Å². The second-order valence-electron chi connectivity index (χ2n) is 4.37. The first-order valence-electron chi connectivity index (χ1n) is 6.25. The molecule has 1 heterocycles. The normalized spacial score (nSPS) is 9.81. The zero-order valence-electron chi connectivity index (χ0n) is 11.4. The molecule has 0 fully saturated rings. The number of rotatable bonds is 3. The molecule has 0 atom stereocenters. The second kappa shape index (κ2) is 6.88. The zero-order chi connectivity index (χ0) is 15.2. The molecule has 1 aromatic carbocycles. The Morgan fingerprint density at radius 1 is 1.48 bits per heavy atom. The molecule has 21 heavy (non-hydrogen) atoms. The molecule has 6 heteroatoms. The van der Waals surface area contributed by atoms with Crippen LogP contribution in [0.25, 0.3) is 0 Å². The van der Waals surface area contributed by atoms with Crippen molar-refractivity contribution in [3.05, 3.63) is 55.6 Å². The summed E-state index contributed by atoms with van der Waals surface area (Å²) in [4.78, 5) is 25.7. The summed E-state index contributed by atoms with van der Waals surface area (Å²) in [5.74, 6) is 5.02. The number of carbonyl (C=O) groups is 1. The molecule has 0 unspecified atom stereocenters. The van der Waals surface area contributed by atoms with Gasteiger partial charge in [-0.1, -0.05) is 34.8 Å². The van der Waals surface area contributed by atoms with Crippen molar-refractivity contribution in [2.24, 2.45) is 0 Å². The minimum atomic E-state index is -0.270. The van der Waals surface area contributed by atoms with Gasteiger partial charge in [0.2, 0.25) is 0 Å². The van der Waals surface area contributed by atoms with Crippen LogP contribution in [0.1, 0.15) is 27.2 Å². The van der Waals surface area contributed by atoms with Crippen LogP contribution < -0.4 is 10.2 Å². The quantitative estimate of drug-likeness (QED) is 0.740. The Balaban J connectivity index is 2.17. The number of amides is 1. The molecular formula is C15H14N2O3S. The van der Waals surface area contributed by atoms with Crippen LogP contribution in [0, 0.1) is 18.8 Å². The zero-order valence-corrected chi connectivity index (χ0v) is 12.2. The lowest BCUT2D eigenvalue weighted by molar-refractivity contribution is 0.0950. The molecule has 0 radical (unpaired) electrons. The molecule has 1 aromatic heterocycles. The van der Waals surface area contributed by atoms with Crippen LogP contribution >= 0.6 is 11.3 Å². The summed E-state index contributed by atoms with van der Waals surface area (Å²) < 4.78 is 0. The predicted octanol–water partition coefficient (Wildman–Crippen LogP) is 1.02. The molecule has 0 bridgehead atoms. The minimum Gasteiger partial charge on any atom is -0.384 e. The lowest BCUT2D eigenvalue weighted by atomic mass is 10.0. The predicted molar refractivity (Wildman–Crippen MR) is 81.3 cm³/mol. The van der Waals surface area contributed by atoms with Crippen molar-refractivity contribution in [1.29, 1.82) is 0 Å². The van der Waals surface area contributed by atoms with Gasteiger partial charge in [-0.3, -0.25) is 9.59 Å². The van der Waals surface area contributed by atoms with Crippen molar-refractivity contribution in [2.75, 3.05) is 6.61 Å².